The lowest BCUT2D eigenvalue weighted by Gasteiger charge is -2.19. The third-order valence-electron chi connectivity index (χ3n) is 5.46. The molecule has 0 bridgehead atoms. The van der Waals surface area contributed by atoms with Crippen molar-refractivity contribution in [2.45, 2.75) is 24.9 Å². The molecule has 2 unspecified atom stereocenters. The van der Waals surface area contributed by atoms with Gasteiger partial charge in [-0.05, 0) is 53.9 Å². The highest BCUT2D eigenvalue weighted by atomic mass is 19.1. The average molecular weight is 440 g/mol. The standard InChI is InChI=1S/C23H22F2N4O3/c1-32-23(31)21(7-13-11-28-20-5-3-15(25)9-17(13)20)29-22(30)18(26)6-12-10-27-19-4-2-14(24)8-16(12)19/h2-5,8-11,18,21,27-28H,6-7,26H2,1H3,(H,29,30). The van der Waals surface area contributed by atoms with Crippen molar-refractivity contribution in [3.63, 3.8) is 0 Å². The Morgan fingerprint density at radius 2 is 1.50 bits per heavy atom. The molecule has 166 valence electrons. The predicted molar refractivity (Wildman–Crippen MR) is 116 cm³/mol. The molecule has 32 heavy (non-hydrogen) atoms. The Labute approximate surface area is 181 Å². The van der Waals surface area contributed by atoms with E-state index >= 15 is 0 Å². The molecular formula is C23H22F2N4O3. The summed E-state index contributed by atoms with van der Waals surface area (Å²) in [7, 11) is 1.22. The summed E-state index contributed by atoms with van der Waals surface area (Å²) in [5.74, 6) is -2.01. The van der Waals surface area contributed by atoms with E-state index in [0.717, 1.165) is 5.52 Å². The topological polar surface area (TPSA) is 113 Å². The lowest BCUT2D eigenvalue weighted by Crippen LogP contribution is -2.50. The van der Waals surface area contributed by atoms with E-state index in [-0.39, 0.29) is 12.8 Å². The fourth-order valence-corrected chi connectivity index (χ4v) is 3.80. The van der Waals surface area contributed by atoms with Crippen LogP contribution in [0, 0.1) is 11.6 Å². The lowest BCUT2D eigenvalue weighted by atomic mass is 10.0. The van der Waals surface area contributed by atoms with Crippen molar-refractivity contribution in [2.75, 3.05) is 7.11 Å². The minimum atomic E-state index is -1.01. The number of ether oxygens (including phenoxy) is 1. The van der Waals surface area contributed by atoms with Crippen LogP contribution in [0.3, 0.4) is 0 Å². The second-order valence-electron chi connectivity index (χ2n) is 7.61. The quantitative estimate of drug-likeness (QED) is 0.331. The predicted octanol–water partition coefficient (Wildman–Crippen LogP) is 2.70. The Balaban J connectivity index is 1.50. The summed E-state index contributed by atoms with van der Waals surface area (Å²) >= 11 is 0. The number of fused-ring (bicyclic) bond motifs is 2. The first-order valence-electron chi connectivity index (χ1n) is 10.0. The molecule has 4 rings (SSSR count). The maximum Gasteiger partial charge on any atom is 0.328 e. The highest BCUT2D eigenvalue weighted by molar-refractivity contribution is 5.90. The molecule has 2 aromatic heterocycles. The second-order valence-corrected chi connectivity index (χ2v) is 7.61. The Kier molecular flexibility index (Phi) is 5.91. The van der Waals surface area contributed by atoms with E-state index in [1.807, 2.05) is 0 Å². The summed E-state index contributed by atoms with van der Waals surface area (Å²) in [6.07, 6.45) is 3.57. The number of nitrogens with two attached hydrogens (primary N) is 1. The number of hydrogen-bond donors (Lipinski definition) is 4. The molecule has 2 atom stereocenters. The number of H-pyrrole nitrogens is 2. The third kappa shape index (κ3) is 4.33. The Morgan fingerprint density at radius 1 is 0.969 bits per heavy atom. The van der Waals surface area contributed by atoms with E-state index < -0.39 is 35.6 Å². The fourth-order valence-electron chi connectivity index (χ4n) is 3.80. The van der Waals surface area contributed by atoms with Gasteiger partial charge in [0.25, 0.3) is 0 Å². The van der Waals surface area contributed by atoms with Crippen LogP contribution in [0.15, 0.2) is 48.8 Å². The lowest BCUT2D eigenvalue weighted by molar-refractivity contribution is -0.145. The number of aromatic amines is 2. The number of methoxy groups -OCH3 is 1. The highest BCUT2D eigenvalue weighted by Gasteiger charge is 2.26. The van der Waals surface area contributed by atoms with Gasteiger partial charge in [0.1, 0.15) is 17.7 Å². The molecule has 0 radical (unpaired) electrons. The van der Waals surface area contributed by atoms with Gasteiger partial charge in [-0.3, -0.25) is 4.79 Å². The molecule has 5 N–H and O–H groups in total. The van der Waals surface area contributed by atoms with Crippen LogP contribution in [-0.4, -0.2) is 41.0 Å². The number of nitrogens with one attached hydrogen (secondary N) is 3. The first-order valence-corrected chi connectivity index (χ1v) is 10.0. The van der Waals surface area contributed by atoms with E-state index in [4.69, 9.17) is 10.5 Å². The van der Waals surface area contributed by atoms with Gasteiger partial charge in [0.15, 0.2) is 0 Å². The van der Waals surface area contributed by atoms with Crippen molar-refractivity contribution in [3.8, 4) is 0 Å². The number of carbonyl (C=O) groups is 2. The summed E-state index contributed by atoms with van der Waals surface area (Å²) in [5, 5.41) is 3.87. The normalized spacial score (nSPS) is 13.2. The molecule has 0 aliphatic rings. The molecule has 1 amide bonds. The van der Waals surface area contributed by atoms with Gasteiger partial charge in [0.2, 0.25) is 5.91 Å². The van der Waals surface area contributed by atoms with Gasteiger partial charge in [-0.25, -0.2) is 13.6 Å². The maximum absolute atomic E-state index is 13.7. The van der Waals surface area contributed by atoms with Crippen LogP contribution in [0.5, 0.6) is 0 Å². The monoisotopic (exact) mass is 440 g/mol. The highest BCUT2D eigenvalue weighted by Crippen LogP contribution is 2.22. The van der Waals surface area contributed by atoms with Crippen LogP contribution in [0.4, 0.5) is 8.78 Å². The van der Waals surface area contributed by atoms with E-state index in [0.29, 0.717) is 27.4 Å². The van der Waals surface area contributed by atoms with Gasteiger partial charge in [-0.2, -0.15) is 0 Å². The molecule has 0 fully saturated rings. The van der Waals surface area contributed by atoms with Crippen LogP contribution < -0.4 is 11.1 Å². The maximum atomic E-state index is 13.7. The molecule has 0 aliphatic carbocycles. The number of amides is 1. The van der Waals surface area contributed by atoms with E-state index in [1.54, 1.807) is 24.5 Å². The second kappa shape index (κ2) is 8.80. The van der Waals surface area contributed by atoms with Crippen molar-refractivity contribution >= 4 is 33.7 Å². The van der Waals surface area contributed by atoms with Gasteiger partial charge in [0.05, 0.1) is 13.2 Å². The molecule has 9 heteroatoms. The Bertz CT molecular complexity index is 1300. The largest absolute Gasteiger partial charge is 0.467 e. The molecule has 2 aromatic carbocycles. The summed E-state index contributed by atoms with van der Waals surface area (Å²) in [5.41, 5.74) is 8.85. The van der Waals surface area contributed by atoms with Gasteiger partial charge in [0, 0.05) is 40.6 Å². The Hall–Kier alpha value is -3.72. The van der Waals surface area contributed by atoms with Crippen molar-refractivity contribution < 1.29 is 23.1 Å². The third-order valence-corrected chi connectivity index (χ3v) is 5.46. The summed E-state index contributed by atoms with van der Waals surface area (Å²) in [6.45, 7) is 0. The minimum Gasteiger partial charge on any atom is -0.467 e. The number of esters is 1. The van der Waals surface area contributed by atoms with Crippen LogP contribution in [0.1, 0.15) is 11.1 Å². The zero-order chi connectivity index (χ0) is 22.8. The summed E-state index contributed by atoms with van der Waals surface area (Å²) < 4.78 is 32.1. The molecule has 0 aliphatic heterocycles. The van der Waals surface area contributed by atoms with Crippen LogP contribution in [-0.2, 0) is 27.2 Å². The van der Waals surface area contributed by atoms with Crippen molar-refractivity contribution in [3.05, 3.63) is 71.6 Å². The molecule has 2 heterocycles. The van der Waals surface area contributed by atoms with Gasteiger partial charge in [-0.1, -0.05) is 0 Å². The van der Waals surface area contributed by atoms with Gasteiger partial charge < -0.3 is 25.8 Å². The first kappa shape index (κ1) is 21.5. The van der Waals surface area contributed by atoms with E-state index in [9.17, 15) is 18.4 Å². The SMILES string of the molecule is COC(=O)C(Cc1c[nH]c2ccc(F)cc12)NC(=O)C(N)Cc1c[nH]c2ccc(F)cc12. The molecule has 7 nitrogen and oxygen atoms in total. The summed E-state index contributed by atoms with van der Waals surface area (Å²) in [4.78, 5) is 31.1. The van der Waals surface area contributed by atoms with Crippen molar-refractivity contribution in [1.82, 2.24) is 15.3 Å². The van der Waals surface area contributed by atoms with Crippen LogP contribution in [0.25, 0.3) is 21.8 Å². The molecule has 0 saturated carbocycles. The summed E-state index contributed by atoms with van der Waals surface area (Å²) in [6, 6.07) is 6.62. The molecule has 0 saturated heterocycles. The Morgan fingerprint density at radius 3 is 2.03 bits per heavy atom. The first-order chi connectivity index (χ1) is 15.4. The average Bonchev–Trinajstić information content (AvgIpc) is 3.36. The van der Waals surface area contributed by atoms with Gasteiger partial charge in [-0.15, -0.1) is 0 Å². The number of hydrogen-bond acceptors (Lipinski definition) is 4. The number of aromatic nitrogens is 2. The fraction of sp³-hybridized carbons (Fsp3) is 0.217. The minimum absolute atomic E-state index is 0.0902. The van der Waals surface area contributed by atoms with Crippen LogP contribution in [0.2, 0.25) is 0 Å². The molecular weight excluding hydrogens is 418 g/mol. The van der Waals surface area contributed by atoms with Crippen molar-refractivity contribution in [1.29, 1.82) is 0 Å². The number of rotatable bonds is 7. The zero-order valence-corrected chi connectivity index (χ0v) is 17.2. The number of carbonyl (C=O) groups excluding carboxylic acids is 2. The zero-order valence-electron chi connectivity index (χ0n) is 17.2. The molecule has 4 aromatic rings. The van der Waals surface area contributed by atoms with E-state index in [1.165, 1.54) is 31.4 Å². The van der Waals surface area contributed by atoms with Crippen LogP contribution >= 0.6 is 0 Å². The van der Waals surface area contributed by atoms with Gasteiger partial charge >= 0.3 is 5.97 Å². The van der Waals surface area contributed by atoms with E-state index in [2.05, 4.69) is 15.3 Å². The molecule has 0 spiro atoms. The smallest absolute Gasteiger partial charge is 0.328 e. The number of halogens is 2. The van der Waals surface area contributed by atoms with Crippen molar-refractivity contribution in [2.24, 2.45) is 5.73 Å². The number of benzene rings is 2.